The quantitative estimate of drug-likeness (QED) is 0.575. The van der Waals surface area contributed by atoms with E-state index >= 15 is 0 Å². The Morgan fingerprint density at radius 2 is 1.70 bits per heavy atom. The summed E-state index contributed by atoms with van der Waals surface area (Å²) in [5.41, 5.74) is 2.28. The Morgan fingerprint density at radius 1 is 1.03 bits per heavy atom. The largest absolute Gasteiger partial charge is 0.497 e. The molecule has 174 valence electrons. The average molecular weight is 469 g/mol. The van der Waals surface area contributed by atoms with E-state index in [1.54, 1.807) is 30.0 Å². The fraction of sp³-hybridized carbons (Fsp3) is 0.333. The van der Waals surface area contributed by atoms with Gasteiger partial charge in [-0.1, -0.05) is 30.3 Å². The van der Waals surface area contributed by atoms with Crippen LogP contribution in [-0.2, 0) is 10.0 Å². The summed E-state index contributed by atoms with van der Waals surface area (Å²) in [5.74, 6) is 0.542. The van der Waals surface area contributed by atoms with Crippen LogP contribution in [0.5, 0.6) is 5.75 Å². The van der Waals surface area contributed by atoms with Crippen molar-refractivity contribution in [3.8, 4) is 11.4 Å². The fourth-order valence-electron chi connectivity index (χ4n) is 4.05. The van der Waals surface area contributed by atoms with Crippen LogP contribution in [0.4, 0.5) is 0 Å². The van der Waals surface area contributed by atoms with E-state index in [4.69, 9.17) is 4.74 Å². The molecule has 0 saturated carbocycles. The summed E-state index contributed by atoms with van der Waals surface area (Å²) in [7, 11) is -1.98. The monoisotopic (exact) mass is 468 g/mol. The van der Waals surface area contributed by atoms with Gasteiger partial charge in [-0.15, -0.1) is 0 Å². The number of amides is 1. The van der Waals surface area contributed by atoms with Crippen LogP contribution in [0.25, 0.3) is 5.69 Å². The number of nitrogens with zero attached hydrogens (tertiary/aromatic N) is 3. The molecule has 1 saturated heterocycles. The van der Waals surface area contributed by atoms with Gasteiger partial charge in [-0.05, 0) is 55.2 Å². The molecule has 2 heterocycles. The highest BCUT2D eigenvalue weighted by Gasteiger charge is 2.28. The highest BCUT2D eigenvalue weighted by Crippen LogP contribution is 2.28. The second-order valence-electron chi connectivity index (χ2n) is 8.15. The summed E-state index contributed by atoms with van der Waals surface area (Å²) in [6.07, 6.45) is 4.18. The maximum Gasteiger partial charge on any atom is 0.274 e. The number of carbonyl (C=O) groups excluding carboxylic acids is 1. The predicted molar refractivity (Wildman–Crippen MR) is 126 cm³/mol. The predicted octanol–water partition coefficient (Wildman–Crippen LogP) is 3.15. The first-order valence-corrected chi connectivity index (χ1v) is 12.8. The lowest BCUT2D eigenvalue weighted by atomic mass is 10.0. The molecular formula is C24H28N4O4S. The van der Waals surface area contributed by atoms with Crippen molar-refractivity contribution in [1.29, 1.82) is 0 Å². The molecule has 1 atom stereocenters. The third-order valence-electron chi connectivity index (χ3n) is 5.68. The summed E-state index contributed by atoms with van der Waals surface area (Å²) in [4.78, 5) is 15.0. The van der Waals surface area contributed by atoms with Crippen molar-refractivity contribution in [3.63, 3.8) is 0 Å². The number of sulfonamides is 1. The van der Waals surface area contributed by atoms with Crippen LogP contribution in [-0.4, -0.2) is 55.5 Å². The van der Waals surface area contributed by atoms with Gasteiger partial charge in [0.25, 0.3) is 5.91 Å². The number of ether oxygens (including phenoxy) is 1. The van der Waals surface area contributed by atoms with Crippen molar-refractivity contribution in [2.75, 3.05) is 26.5 Å². The first-order chi connectivity index (χ1) is 15.9. The first-order valence-electron chi connectivity index (χ1n) is 10.9. The number of rotatable bonds is 7. The van der Waals surface area contributed by atoms with Crippen LogP contribution < -0.4 is 9.46 Å². The van der Waals surface area contributed by atoms with E-state index in [0.717, 1.165) is 31.1 Å². The van der Waals surface area contributed by atoms with Gasteiger partial charge in [0.2, 0.25) is 10.0 Å². The number of piperidine rings is 1. The first kappa shape index (κ1) is 23.0. The second kappa shape index (κ2) is 9.76. The average Bonchev–Trinajstić information content (AvgIpc) is 3.28. The summed E-state index contributed by atoms with van der Waals surface area (Å²) in [5, 5.41) is 4.64. The number of hydrogen-bond donors (Lipinski definition) is 1. The fourth-order valence-corrected chi connectivity index (χ4v) is 4.74. The number of carbonyl (C=O) groups is 1. The number of benzene rings is 2. The lowest BCUT2D eigenvalue weighted by Gasteiger charge is -2.25. The van der Waals surface area contributed by atoms with Crippen LogP contribution in [0.3, 0.4) is 0 Å². The number of aromatic nitrogens is 2. The maximum atomic E-state index is 13.2. The molecule has 33 heavy (non-hydrogen) atoms. The third-order valence-corrected chi connectivity index (χ3v) is 6.34. The number of methoxy groups -OCH3 is 1. The van der Waals surface area contributed by atoms with E-state index in [2.05, 4.69) is 9.82 Å². The van der Waals surface area contributed by atoms with Crippen molar-refractivity contribution in [2.45, 2.75) is 25.3 Å². The Balaban J connectivity index is 1.84. The molecule has 0 aliphatic carbocycles. The third kappa shape index (κ3) is 5.43. The smallest absolute Gasteiger partial charge is 0.274 e. The van der Waals surface area contributed by atoms with Gasteiger partial charge in [0.05, 0.1) is 30.8 Å². The molecule has 1 amide bonds. The topological polar surface area (TPSA) is 93.5 Å². The molecule has 0 spiro atoms. The zero-order valence-electron chi connectivity index (χ0n) is 18.8. The van der Waals surface area contributed by atoms with Gasteiger partial charge >= 0.3 is 0 Å². The van der Waals surface area contributed by atoms with Crippen LogP contribution in [0.15, 0.2) is 60.7 Å². The Labute approximate surface area is 194 Å². The molecule has 1 aromatic heterocycles. The summed E-state index contributed by atoms with van der Waals surface area (Å²) in [6, 6.07) is 17.5. The molecule has 8 nitrogen and oxygen atoms in total. The lowest BCUT2D eigenvalue weighted by Crippen LogP contribution is -2.35. The number of nitrogens with one attached hydrogen (secondary N) is 1. The molecular weight excluding hydrogens is 440 g/mol. The minimum Gasteiger partial charge on any atom is -0.497 e. The van der Waals surface area contributed by atoms with E-state index in [9.17, 15) is 13.2 Å². The van der Waals surface area contributed by atoms with Crippen molar-refractivity contribution < 1.29 is 17.9 Å². The Kier molecular flexibility index (Phi) is 6.80. The zero-order chi connectivity index (χ0) is 23.4. The molecule has 4 rings (SSSR count). The molecule has 1 aliphatic rings. The van der Waals surface area contributed by atoms with Gasteiger partial charge in [0.1, 0.15) is 5.75 Å². The van der Waals surface area contributed by atoms with Gasteiger partial charge in [-0.25, -0.2) is 17.8 Å². The lowest BCUT2D eigenvalue weighted by molar-refractivity contribution is 0.0718. The van der Waals surface area contributed by atoms with Gasteiger partial charge in [0, 0.05) is 13.1 Å². The van der Waals surface area contributed by atoms with Gasteiger partial charge in [0.15, 0.2) is 5.69 Å². The molecule has 1 aliphatic heterocycles. The Hall–Kier alpha value is -3.17. The molecule has 3 aromatic rings. The summed E-state index contributed by atoms with van der Waals surface area (Å²) in [6.45, 7) is 1.40. The van der Waals surface area contributed by atoms with E-state index in [1.807, 2.05) is 47.4 Å². The number of hydrogen-bond acceptors (Lipinski definition) is 5. The maximum absolute atomic E-state index is 13.2. The standard InChI is InChI=1S/C24H28N4O4S/c1-32-20-13-11-19(12-14-20)28-22(17-21(25-28)24(29)27-15-7-4-8-16-27)23(26-33(2,30)31)18-9-5-3-6-10-18/h3,5-6,9-14,17,23,26H,4,7-8,15-16H2,1-2H3. The van der Waals surface area contributed by atoms with Gasteiger partial charge in [-0.2, -0.15) is 5.10 Å². The minimum atomic E-state index is -3.57. The normalized spacial score (nSPS) is 15.3. The molecule has 1 fully saturated rings. The van der Waals surface area contributed by atoms with Crippen molar-refractivity contribution in [3.05, 3.63) is 77.6 Å². The van der Waals surface area contributed by atoms with Crippen molar-refractivity contribution in [2.24, 2.45) is 0 Å². The second-order valence-corrected chi connectivity index (χ2v) is 9.93. The van der Waals surface area contributed by atoms with Crippen molar-refractivity contribution in [1.82, 2.24) is 19.4 Å². The molecule has 2 aromatic carbocycles. The summed E-state index contributed by atoms with van der Waals surface area (Å²) >= 11 is 0. The molecule has 1 unspecified atom stereocenters. The van der Waals surface area contributed by atoms with Crippen LogP contribution in [0, 0.1) is 0 Å². The molecule has 0 radical (unpaired) electrons. The SMILES string of the molecule is COc1ccc(-n2nc(C(=O)N3CCCCC3)cc2C(NS(C)(=O)=O)c2ccccc2)cc1. The van der Waals surface area contributed by atoms with Gasteiger partial charge < -0.3 is 9.64 Å². The molecule has 9 heteroatoms. The minimum absolute atomic E-state index is 0.144. The molecule has 0 bridgehead atoms. The van der Waals surface area contributed by atoms with E-state index in [1.165, 1.54) is 0 Å². The van der Waals surface area contributed by atoms with Gasteiger partial charge in [-0.3, -0.25) is 4.79 Å². The number of likely N-dealkylation sites (tertiary alicyclic amines) is 1. The Bertz CT molecular complexity index is 1200. The van der Waals surface area contributed by atoms with Crippen LogP contribution in [0.2, 0.25) is 0 Å². The van der Waals surface area contributed by atoms with Crippen LogP contribution in [0.1, 0.15) is 47.1 Å². The summed E-state index contributed by atoms with van der Waals surface area (Å²) < 4.78 is 34.2. The van der Waals surface area contributed by atoms with Crippen LogP contribution >= 0.6 is 0 Å². The zero-order valence-corrected chi connectivity index (χ0v) is 19.6. The van der Waals surface area contributed by atoms with E-state index in [0.29, 0.717) is 35.9 Å². The van der Waals surface area contributed by atoms with E-state index in [-0.39, 0.29) is 5.91 Å². The Morgan fingerprint density at radius 3 is 2.30 bits per heavy atom. The molecule has 1 N–H and O–H groups in total. The highest BCUT2D eigenvalue weighted by atomic mass is 32.2. The highest BCUT2D eigenvalue weighted by molar-refractivity contribution is 7.88. The van der Waals surface area contributed by atoms with Crippen molar-refractivity contribution >= 4 is 15.9 Å². The van der Waals surface area contributed by atoms with E-state index < -0.39 is 16.1 Å².